The van der Waals surface area contributed by atoms with Crippen LogP contribution in [0.4, 0.5) is 0 Å². The molecule has 3 atom stereocenters. The monoisotopic (exact) mass is 495 g/mol. The summed E-state index contributed by atoms with van der Waals surface area (Å²) in [5.74, 6) is -1.68. The van der Waals surface area contributed by atoms with Gasteiger partial charge in [0.2, 0.25) is 0 Å². The van der Waals surface area contributed by atoms with Crippen molar-refractivity contribution in [2.75, 3.05) is 7.11 Å². The highest BCUT2D eigenvalue weighted by Gasteiger charge is 2.38. The smallest absolute Gasteiger partial charge is 0.338 e. The predicted octanol–water partition coefficient (Wildman–Crippen LogP) is 4.32. The van der Waals surface area contributed by atoms with E-state index < -0.39 is 34.8 Å². The van der Waals surface area contributed by atoms with Crippen LogP contribution in [0.5, 0.6) is 0 Å². The summed E-state index contributed by atoms with van der Waals surface area (Å²) in [6, 6.07) is 24.9. The van der Waals surface area contributed by atoms with Crippen LogP contribution in [0, 0.1) is 0 Å². The topological polar surface area (TPSA) is 81.7 Å². The number of rotatable bonds is 8. The van der Waals surface area contributed by atoms with Gasteiger partial charge in [0.25, 0.3) is 5.91 Å². The van der Waals surface area contributed by atoms with Crippen molar-refractivity contribution in [1.82, 2.24) is 5.32 Å². The Morgan fingerprint density at radius 2 is 1.28 bits per heavy atom. The maximum atomic E-state index is 12.8. The van der Waals surface area contributed by atoms with Gasteiger partial charge in [-0.2, -0.15) is 0 Å². The molecule has 0 bridgehead atoms. The number of methoxy groups -OCH3 is 1. The fraction of sp³-hybridized carbons (Fsp3) is 0.160. The summed E-state index contributed by atoms with van der Waals surface area (Å²) < 4.78 is 10.7. The van der Waals surface area contributed by atoms with Crippen molar-refractivity contribution in [3.05, 3.63) is 108 Å². The Kier molecular flexibility index (Phi) is 8.16. The Balaban J connectivity index is 1.90. The van der Waals surface area contributed by atoms with Gasteiger partial charge in [-0.15, -0.1) is 0 Å². The van der Waals surface area contributed by atoms with Gasteiger partial charge < -0.3 is 14.8 Å². The first kappa shape index (κ1) is 23.2. The van der Waals surface area contributed by atoms with Crippen LogP contribution in [-0.4, -0.2) is 35.8 Å². The third-order valence-corrected chi connectivity index (χ3v) is 5.77. The Morgan fingerprint density at radius 3 is 1.81 bits per heavy atom. The first-order valence-electron chi connectivity index (χ1n) is 9.90. The first-order valence-corrected chi connectivity index (χ1v) is 10.8. The molecule has 1 amide bonds. The van der Waals surface area contributed by atoms with Crippen LogP contribution in [-0.2, 0) is 14.3 Å². The Hall–Kier alpha value is -3.45. The van der Waals surface area contributed by atoms with Crippen LogP contribution >= 0.6 is 15.9 Å². The lowest BCUT2D eigenvalue weighted by atomic mass is 10.0. The van der Waals surface area contributed by atoms with E-state index in [1.165, 1.54) is 7.11 Å². The van der Waals surface area contributed by atoms with Crippen molar-refractivity contribution >= 4 is 33.8 Å². The second kappa shape index (κ2) is 11.2. The molecule has 32 heavy (non-hydrogen) atoms. The zero-order chi connectivity index (χ0) is 22.9. The van der Waals surface area contributed by atoms with Gasteiger partial charge in [0.1, 0.15) is 12.1 Å². The van der Waals surface area contributed by atoms with Crippen molar-refractivity contribution < 1.29 is 23.9 Å². The molecule has 0 aliphatic rings. The van der Waals surface area contributed by atoms with Gasteiger partial charge in [0.15, 0.2) is 0 Å². The molecular formula is C25H22BrNO5. The number of nitrogens with one attached hydrogen (secondary N) is 1. The molecule has 7 heteroatoms. The number of esters is 2. The van der Waals surface area contributed by atoms with Gasteiger partial charge in [-0.05, 0) is 29.8 Å². The first-order chi connectivity index (χ1) is 15.5. The van der Waals surface area contributed by atoms with E-state index in [0.29, 0.717) is 16.7 Å². The average Bonchev–Trinajstić information content (AvgIpc) is 2.86. The number of alkyl halides is 1. The van der Waals surface area contributed by atoms with E-state index in [-0.39, 0.29) is 0 Å². The second-order valence-corrected chi connectivity index (χ2v) is 7.94. The fourth-order valence-corrected chi connectivity index (χ4v) is 3.86. The number of halogens is 1. The highest BCUT2D eigenvalue weighted by Crippen LogP contribution is 2.30. The number of ether oxygens (including phenoxy) is 2. The van der Waals surface area contributed by atoms with Gasteiger partial charge in [0.05, 0.1) is 17.5 Å². The van der Waals surface area contributed by atoms with Crippen LogP contribution in [0.15, 0.2) is 91.0 Å². The summed E-state index contributed by atoms with van der Waals surface area (Å²) in [7, 11) is 1.23. The fourth-order valence-electron chi connectivity index (χ4n) is 3.10. The molecule has 164 valence electrons. The Morgan fingerprint density at radius 1 is 0.781 bits per heavy atom. The largest absolute Gasteiger partial charge is 0.467 e. The maximum Gasteiger partial charge on any atom is 0.338 e. The molecule has 0 fully saturated rings. The third kappa shape index (κ3) is 5.82. The van der Waals surface area contributed by atoms with E-state index in [9.17, 15) is 14.4 Å². The lowest BCUT2D eigenvalue weighted by Gasteiger charge is -2.29. The minimum atomic E-state index is -1.12. The number of benzene rings is 3. The van der Waals surface area contributed by atoms with Gasteiger partial charge in [-0.1, -0.05) is 82.7 Å². The zero-order valence-electron chi connectivity index (χ0n) is 17.3. The van der Waals surface area contributed by atoms with E-state index in [1.54, 1.807) is 84.9 Å². The molecule has 0 radical (unpaired) electrons. The molecule has 6 nitrogen and oxygen atoms in total. The summed E-state index contributed by atoms with van der Waals surface area (Å²) in [6.45, 7) is 0. The highest BCUT2D eigenvalue weighted by atomic mass is 79.9. The summed E-state index contributed by atoms with van der Waals surface area (Å²) in [4.78, 5) is 37.3. The number of hydrogen-bond acceptors (Lipinski definition) is 5. The molecule has 0 spiro atoms. The van der Waals surface area contributed by atoms with E-state index >= 15 is 0 Å². The van der Waals surface area contributed by atoms with Crippen molar-refractivity contribution in [3.63, 3.8) is 0 Å². The molecule has 0 aliphatic heterocycles. The normalized spacial score (nSPS) is 13.3. The van der Waals surface area contributed by atoms with E-state index in [4.69, 9.17) is 9.47 Å². The standard InChI is InChI=1S/C25H22BrNO5/c1-31-25(30)21(27-23(28)18-13-7-3-8-14-18)20(26)22(17-11-5-2-6-12-17)32-24(29)19-15-9-4-10-16-19/h2-16,20-22H,1H3,(H,27,28)/t20-,21-,22+/m1/s1. The van der Waals surface area contributed by atoms with Crippen LogP contribution in [0.3, 0.4) is 0 Å². The van der Waals surface area contributed by atoms with E-state index in [0.717, 1.165) is 0 Å². The lowest BCUT2D eigenvalue weighted by molar-refractivity contribution is -0.143. The van der Waals surface area contributed by atoms with Gasteiger partial charge >= 0.3 is 11.9 Å². The molecule has 0 aromatic heterocycles. The molecule has 3 rings (SSSR count). The number of carbonyl (C=O) groups is 3. The molecule has 0 aliphatic carbocycles. The maximum absolute atomic E-state index is 12.8. The van der Waals surface area contributed by atoms with Crippen LogP contribution in [0.25, 0.3) is 0 Å². The zero-order valence-corrected chi connectivity index (χ0v) is 18.9. The van der Waals surface area contributed by atoms with Crippen molar-refractivity contribution in [2.24, 2.45) is 0 Å². The molecule has 0 heterocycles. The summed E-state index contributed by atoms with van der Waals surface area (Å²) in [5.41, 5.74) is 1.41. The molecule has 0 saturated carbocycles. The summed E-state index contributed by atoms with van der Waals surface area (Å²) in [6.07, 6.45) is -0.885. The van der Waals surface area contributed by atoms with Crippen LogP contribution in [0.2, 0.25) is 0 Å². The second-order valence-electron chi connectivity index (χ2n) is 6.89. The highest BCUT2D eigenvalue weighted by molar-refractivity contribution is 9.09. The van der Waals surface area contributed by atoms with Crippen LogP contribution in [0.1, 0.15) is 32.4 Å². The quantitative estimate of drug-likeness (QED) is 0.371. The van der Waals surface area contributed by atoms with E-state index in [1.807, 2.05) is 6.07 Å². The van der Waals surface area contributed by atoms with Crippen molar-refractivity contribution in [1.29, 1.82) is 0 Å². The third-order valence-electron chi connectivity index (χ3n) is 4.76. The SMILES string of the molecule is COC(=O)[C@H](NC(=O)c1ccccc1)[C@@H](Br)[C@@H](OC(=O)c1ccccc1)c1ccccc1. The molecular weight excluding hydrogens is 474 g/mol. The minimum absolute atomic E-state index is 0.371. The molecule has 0 unspecified atom stereocenters. The average molecular weight is 496 g/mol. The molecule has 1 N–H and O–H groups in total. The lowest BCUT2D eigenvalue weighted by Crippen LogP contribution is -2.49. The predicted molar refractivity (Wildman–Crippen MR) is 123 cm³/mol. The number of hydrogen-bond donors (Lipinski definition) is 1. The number of carbonyl (C=O) groups excluding carboxylic acids is 3. The molecule has 3 aromatic rings. The van der Waals surface area contributed by atoms with Gasteiger partial charge in [0, 0.05) is 5.56 Å². The summed E-state index contributed by atoms with van der Waals surface area (Å²) in [5, 5.41) is 2.70. The van der Waals surface area contributed by atoms with E-state index in [2.05, 4.69) is 21.2 Å². The Bertz CT molecular complexity index is 1040. The number of amides is 1. The van der Waals surface area contributed by atoms with Crippen LogP contribution < -0.4 is 5.32 Å². The minimum Gasteiger partial charge on any atom is -0.467 e. The van der Waals surface area contributed by atoms with Gasteiger partial charge in [-0.3, -0.25) is 4.79 Å². The molecule has 3 aromatic carbocycles. The molecule has 0 saturated heterocycles. The van der Waals surface area contributed by atoms with Gasteiger partial charge in [-0.25, -0.2) is 9.59 Å². The summed E-state index contributed by atoms with van der Waals surface area (Å²) >= 11 is 3.50. The van der Waals surface area contributed by atoms with Crippen molar-refractivity contribution in [3.8, 4) is 0 Å². The Labute approximate surface area is 194 Å². The van der Waals surface area contributed by atoms with Crippen molar-refractivity contribution in [2.45, 2.75) is 17.0 Å².